The first-order valence-electron chi connectivity index (χ1n) is 21.8. The van der Waals surface area contributed by atoms with E-state index in [1.807, 2.05) is 65.4 Å². The first-order valence-corrected chi connectivity index (χ1v) is 21.8. The molecule has 3 aromatic heterocycles. The van der Waals surface area contributed by atoms with Crippen LogP contribution < -0.4 is 11.1 Å². The third-order valence-electron chi connectivity index (χ3n) is 12.4. The average Bonchev–Trinajstić information content (AvgIpc) is 4.18. The molecule has 5 atom stereocenters. The van der Waals surface area contributed by atoms with Gasteiger partial charge in [-0.2, -0.15) is 0 Å². The van der Waals surface area contributed by atoms with Crippen molar-refractivity contribution >= 4 is 24.0 Å². The number of benzene rings is 3. The van der Waals surface area contributed by atoms with Crippen LogP contribution in [0.15, 0.2) is 104 Å². The molecule has 4 amide bonds. The summed E-state index contributed by atoms with van der Waals surface area (Å²) in [7, 11) is 2.75. The van der Waals surface area contributed by atoms with Crippen molar-refractivity contribution in [2.45, 2.75) is 82.3 Å². The summed E-state index contributed by atoms with van der Waals surface area (Å²) in [5, 5.41) is 2.62. The van der Waals surface area contributed by atoms with Crippen molar-refractivity contribution in [3.8, 4) is 33.6 Å². The maximum Gasteiger partial charge on any atom is 0.407 e. The van der Waals surface area contributed by atoms with Gasteiger partial charge in [0.15, 0.2) is 5.60 Å². The maximum absolute atomic E-state index is 14.3. The number of carbonyl (C=O) groups excluding carboxylic acids is 4. The van der Waals surface area contributed by atoms with Crippen molar-refractivity contribution in [3.05, 3.63) is 127 Å². The summed E-state index contributed by atoms with van der Waals surface area (Å²) in [6.07, 6.45) is 7.85. The molecule has 2 aliphatic rings. The molecule has 6 aromatic rings. The quantitative estimate of drug-likeness (QED) is 0.0871. The van der Waals surface area contributed by atoms with E-state index in [2.05, 4.69) is 49.5 Å². The second kappa shape index (κ2) is 19.2. The Morgan fingerprint density at radius 1 is 0.800 bits per heavy atom. The molecule has 17 heteroatoms. The number of aromatic amines is 2. The zero-order chi connectivity index (χ0) is 45.7. The van der Waals surface area contributed by atoms with E-state index in [9.17, 15) is 19.2 Å². The van der Waals surface area contributed by atoms with Gasteiger partial charge in [0.2, 0.25) is 5.91 Å². The summed E-state index contributed by atoms with van der Waals surface area (Å²) in [4.78, 5) is 76.4. The number of hydrogen-bond acceptors (Lipinski definition) is 10. The van der Waals surface area contributed by atoms with Crippen LogP contribution in [0.3, 0.4) is 0 Å². The van der Waals surface area contributed by atoms with Gasteiger partial charge in [0.1, 0.15) is 17.7 Å². The molecule has 0 spiro atoms. The first-order chi connectivity index (χ1) is 31.4. The van der Waals surface area contributed by atoms with Gasteiger partial charge in [-0.3, -0.25) is 9.59 Å². The van der Waals surface area contributed by atoms with Crippen LogP contribution in [0.4, 0.5) is 9.59 Å². The number of amides is 4. The van der Waals surface area contributed by atoms with Gasteiger partial charge >= 0.3 is 12.2 Å². The Hall–Kier alpha value is -7.27. The number of carbonyl (C=O) groups is 4. The lowest BCUT2D eigenvalue weighted by molar-refractivity contribution is -0.150. The minimum absolute atomic E-state index is 0.0563. The highest BCUT2D eigenvalue weighted by atomic mass is 16.6. The normalized spacial score (nSPS) is 17.9. The zero-order valence-electron chi connectivity index (χ0n) is 36.9. The van der Waals surface area contributed by atoms with Crippen molar-refractivity contribution in [1.29, 1.82) is 0 Å². The lowest BCUT2D eigenvalue weighted by atomic mass is 9.97. The van der Waals surface area contributed by atoms with Gasteiger partial charge in [-0.05, 0) is 67.3 Å². The number of H-pyrrole nitrogens is 2. The van der Waals surface area contributed by atoms with E-state index in [-0.39, 0.29) is 30.3 Å². The molecule has 65 heavy (non-hydrogen) atoms. The molecule has 0 radical (unpaired) electrons. The van der Waals surface area contributed by atoms with E-state index in [4.69, 9.17) is 24.9 Å². The average molecular weight is 883 g/mol. The highest BCUT2D eigenvalue weighted by Crippen LogP contribution is 2.36. The molecule has 2 fully saturated rings. The molecule has 338 valence electrons. The number of rotatable bonds is 15. The van der Waals surface area contributed by atoms with Crippen molar-refractivity contribution in [1.82, 2.24) is 44.6 Å². The van der Waals surface area contributed by atoms with Gasteiger partial charge in [-0.15, -0.1) is 0 Å². The van der Waals surface area contributed by atoms with Gasteiger partial charge in [0.25, 0.3) is 5.91 Å². The molecule has 5 heterocycles. The van der Waals surface area contributed by atoms with Crippen molar-refractivity contribution < 1.29 is 33.4 Å². The largest absolute Gasteiger partial charge is 0.453 e. The minimum atomic E-state index is -1.58. The maximum atomic E-state index is 14.3. The number of likely N-dealkylation sites (tertiary alicyclic amines) is 2. The molecule has 0 unspecified atom stereocenters. The van der Waals surface area contributed by atoms with Gasteiger partial charge in [0.05, 0.1) is 61.1 Å². The monoisotopic (exact) mass is 882 g/mol. The Bertz CT molecular complexity index is 2610. The third kappa shape index (κ3) is 9.79. The van der Waals surface area contributed by atoms with Crippen LogP contribution in [0, 0.1) is 0 Å². The fraction of sp³-hybridized carbons (Fsp3) is 0.354. The van der Waals surface area contributed by atoms with Gasteiger partial charge in [0, 0.05) is 39.4 Å². The number of nitrogens with one attached hydrogen (secondary N) is 3. The topological polar surface area (TPSA) is 216 Å². The zero-order valence-corrected chi connectivity index (χ0v) is 36.9. The van der Waals surface area contributed by atoms with Crippen LogP contribution in [0.25, 0.3) is 33.6 Å². The van der Waals surface area contributed by atoms with E-state index in [1.54, 1.807) is 42.4 Å². The Morgan fingerprint density at radius 2 is 1.35 bits per heavy atom. The number of ether oxygens (including phenoxy) is 3. The lowest BCUT2D eigenvalue weighted by Crippen LogP contribution is -2.54. The van der Waals surface area contributed by atoms with E-state index < -0.39 is 29.9 Å². The smallest absolute Gasteiger partial charge is 0.407 e. The highest BCUT2D eigenvalue weighted by Gasteiger charge is 2.45. The fourth-order valence-electron chi connectivity index (χ4n) is 8.88. The number of alkyl carbamates (subject to hydrolysis) is 1. The van der Waals surface area contributed by atoms with Gasteiger partial charge in [-0.25, -0.2) is 24.5 Å². The number of nitrogens with zero attached hydrogens (tertiary/aromatic N) is 6. The Labute approximate surface area is 376 Å². The van der Waals surface area contributed by atoms with E-state index in [0.29, 0.717) is 43.4 Å². The van der Waals surface area contributed by atoms with Crippen LogP contribution in [0.2, 0.25) is 0 Å². The van der Waals surface area contributed by atoms with Crippen LogP contribution in [-0.2, 0) is 36.8 Å². The van der Waals surface area contributed by atoms with E-state index in [1.165, 1.54) is 14.2 Å². The second-order valence-corrected chi connectivity index (χ2v) is 16.8. The Morgan fingerprint density at radius 3 is 1.91 bits per heavy atom. The summed E-state index contributed by atoms with van der Waals surface area (Å²) in [6.45, 7) is 4.94. The number of primary amides is 1. The van der Waals surface area contributed by atoms with E-state index in [0.717, 1.165) is 58.5 Å². The molecule has 2 saturated heterocycles. The summed E-state index contributed by atoms with van der Waals surface area (Å²) in [5.41, 5.74) is 11.2. The lowest BCUT2D eigenvalue weighted by Gasteiger charge is -2.33. The van der Waals surface area contributed by atoms with Crippen LogP contribution in [0.5, 0.6) is 0 Å². The Balaban J connectivity index is 0.912. The predicted octanol–water partition coefficient (Wildman–Crippen LogP) is 6.56. The second-order valence-electron chi connectivity index (χ2n) is 16.8. The van der Waals surface area contributed by atoms with Crippen LogP contribution >= 0.6 is 0 Å². The Kier molecular flexibility index (Phi) is 13.1. The summed E-state index contributed by atoms with van der Waals surface area (Å²) in [5.74, 6) is 0.709. The van der Waals surface area contributed by atoms with Crippen molar-refractivity contribution in [3.63, 3.8) is 0 Å². The molecule has 3 aromatic carbocycles. The number of aromatic nitrogens is 6. The molecule has 0 saturated carbocycles. The number of imidazole rings is 3. The summed E-state index contributed by atoms with van der Waals surface area (Å²) >= 11 is 0. The minimum Gasteiger partial charge on any atom is -0.453 e. The molecular formula is C48H54N10O7. The number of hydrogen-bond donors (Lipinski definition) is 4. The molecule has 0 aliphatic carbocycles. The number of methoxy groups -OCH3 is 2. The van der Waals surface area contributed by atoms with Gasteiger partial charge < -0.3 is 49.6 Å². The molecule has 17 nitrogen and oxygen atoms in total. The molecule has 0 bridgehead atoms. The molecule has 8 rings (SSSR count). The third-order valence-corrected chi connectivity index (χ3v) is 12.4. The van der Waals surface area contributed by atoms with E-state index >= 15 is 0 Å². The van der Waals surface area contributed by atoms with Gasteiger partial charge in [-0.1, -0.05) is 78.9 Å². The SMILES string of the molecule is COC(=O)N[C@H](C(=O)N1CCC[C@H]1c1ncc(-c2ccc(-c3ccc(-c4cnc([C@@H]5CCCN5C(=O)[C@](C)(Cc5cn(Cc6ccccc6)cn5)OC(N)=O)[nH]4)cc3)cc2)[nH]1)[C@@H](C)OC. The highest BCUT2D eigenvalue weighted by molar-refractivity contribution is 5.88. The standard InChI is InChI=1S/C48H54N10O7/c1-30(63-3)41(55-47(62)64-4)44(59)57-22-8-12-39(57)42-50-25-37(53-42)34-18-14-32(15-19-34)33-16-20-35(21-17-33)38-26-51-43(54-38)40-13-9-23-58(40)45(60)48(2,65-46(49)61)24-36-28-56(29-52-36)27-31-10-6-5-7-11-31/h5-7,10-11,14-21,25-26,28-30,39-41H,8-9,12-13,22-24,27H2,1-4H3,(H2,49,61)(H,50,53)(H,51,54)(H,55,62)/t30-,39+,40+,41+,48+/m1/s1. The van der Waals surface area contributed by atoms with Crippen molar-refractivity contribution in [2.24, 2.45) is 5.73 Å². The molecular weight excluding hydrogens is 829 g/mol. The molecule has 5 N–H and O–H groups in total. The van der Waals surface area contributed by atoms with Crippen LogP contribution in [0.1, 0.15) is 74.5 Å². The van der Waals surface area contributed by atoms with Crippen LogP contribution in [-0.4, -0.2) is 108 Å². The summed E-state index contributed by atoms with van der Waals surface area (Å²) in [6, 6.07) is 24.8. The first kappa shape index (κ1) is 44.3. The predicted molar refractivity (Wildman–Crippen MR) is 241 cm³/mol. The van der Waals surface area contributed by atoms with Crippen molar-refractivity contribution in [2.75, 3.05) is 27.3 Å². The number of nitrogens with two attached hydrogens (primary N) is 1. The molecule has 2 aliphatic heterocycles. The summed E-state index contributed by atoms with van der Waals surface area (Å²) < 4.78 is 17.7. The fourth-order valence-corrected chi connectivity index (χ4v) is 8.88.